The van der Waals surface area contributed by atoms with Crippen LogP contribution in [0.3, 0.4) is 0 Å². The van der Waals surface area contributed by atoms with Gasteiger partial charge in [-0.25, -0.2) is 4.98 Å². The second kappa shape index (κ2) is 5.50. The second-order valence-electron chi connectivity index (χ2n) is 3.20. The summed E-state index contributed by atoms with van der Waals surface area (Å²) in [5, 5.41) is 8.96. The highest BCUT2D eigenvalue weighted by atomic mass is 16.3. The average Bonchev–Trinajstić information content (AvgIpc) is 2.67. The van der Waals surface area contributed by atoms with Crippen LogP contribution in [0.2, 0.25) is 0 Å². The van der Waals surface area contributed by atoms with Crippen molar-refractivity contribution >= 4 is 5.91 Å². The van der Waals surface area contributed by atoms with E-state index in [9.17, 15) is 4.79 Å². The van der Waals surface area contributed by atoms with Crippen molar-refractivity contribution in [3.05, 3.63) is 18.2 Å². The molecule has 5 nitrogen and oxygen atoms in total. The van der Waals surface area contributed by atoms with Gasteiger partial charge in [0.2, 0.25) is 5.91 Å². The highest BCUT2D eigenvalue weighted by Gasteiger charge is 2.11. The third-order valence-electron chi connectivity index (χ3n) is 2.36. The minimum atomic E-state index is -0.140. The highest BCUT2D eigenvalue weighted by Crippen LogP contribution is 1.99. The molecule has 0 saturated carbocycles. The minimum absolute atomic E-state index is 0.0488. The van der Waals surface area contributed by atoms with E-state index in [0.29, 0.717) is 18.9 Å². The normalized spacial score (nSPS) is 10.3. The zero-order valence-electron chi connectivity index (χ0n) is 9.18. The molecule has 1 amide bonds. The van der Waals surface area contributed by atoms with Crippen LogP contribution in [0.1, 0.15) is 19.7 Å². The molecule has 0 spiro atoms. The van der Waals surface area contributed by atoms with E-state index in [-0.39, 0.29) is 19.1 Å². The predicted octanol–water partition coefficient (Wildman–Crippen LogP) is 0.244. The van der Waals surface area contributed by atoms with Crippen molar-refractivity contribution in [3.63, 3.8) is 0 Å². The van der Waals surface area contributed by atoms with Crippen LogP contribution in [0.15, 0.2) is 12.4 Å². The average molecular weight is 211 g/mol. The first-order valence-electron chi connectivity index (χ1n) is 5.11. The molecule has 0 aliphatic rings. The van der Waals surface area contributed by atoms with Crippen molar-refractivity contribution in [2.75, 3.05) is 13.1 Å². The first kappa shape index (κ1) is 11.7. The maximum Gasteiger partial charge on any atom is 0.242 e. The summed E-state index contributed by atoms with van der Waals surface area (Å²) in [5.74, 6) is 0.572. The van der Waals surface area contributed by atoms with Crippen molar-refractivity contribution in [2.45, 2.75) is 27.0 Å². The number of amides is 1. The number of hydrogen-bond donors (Lipinski definition) is 1. The fourth-order valence-electron chi connectivity index (χ4n) is 1.46. The van der Waals surface area contributed by atoms with Gasteiger partial charge in [0.15, 0.2) is 0 Å². The molecule has 0 fully saturated rings. The number of likely N-dealkylation sites (N-methyl/N-ethyl adjacent to an activating group) is 1. The van der Waals surface area contributed by atoms with Gasteiger partial charge in [-0.1, -0.05) is 0 Å². The molecule has 0 unspecified atom stereocenters. The number of hydrogen-bond acceptors (Lipinski definition) is 3. The molecular formula is C10H17N3O2. The molecule has 0 aliphatic heterocycles. The number of rotatable bonds is 5. The van der Waals surface area contributed by atoms with Gasteiger partial charge in [-0.15, -0.1) is 0 Å². The van der Waals surface area contributed by atoms with E-state index >= 15 is 0 Å². The lowest BCUT2D eigenvalue weighted by atomic mass is 10.4. The molecule has 0 aliphatic carbocycles. The Bertz CT molecular complexity index is 318. The molecule has 15 heavy (non-hydrogen) atoms. The van der Waals surface area contributed by atoms with E-state index < -0.39 is 0 Å². The van der Waals surface area contributed by atoms with Crippen molar-refractivity contribution in [1.29, 1.82) is 0 Å². The summed E-state index contributed by atoms with van der Waals surface area (Å²) in [6.07, 6.45) is 3.29. The standard InChI is InChI=1S/C10H17N3O2/c1-3-12(4-2)10(15)7-13-6-5-11-9(13)8-14/h5-6,14H,3-4,7-8H2,1-2H3. The van der Waals surface area contributed by atoms with Crippen LogP contribution in [0.4, 0.5) is 0 Å². The molecule has 1 aromatic heterocycles. The van der Waals surface area contributed by atoms with Crippen molar-refractivity contribution in [2.24, 2.45) is 0 Å². The number of imidazole rings is 1. The Kier molecular flexibility index (Phi) is 4.30. The number of carbonyl (C=O) groups excluding carboxylic acids is 1. The van der Waals surface area contributed by atoms with Gasteiger partial charge in [-0.05, 0) is 13.8 Å². The van der Waals surface area contributed by atoms with Gasteiger partial charge >= 0.3 is 0 Å². The van der Waals surface area contributed by atoms with Gasteiger partial charge in [0.25, 0.3) is 0 Å². The van der Waals surface area contributed by atoms with Crippen LogP contribution in [0.5, 0.6) is 0 Å². The van der Waals surface area contributed by atoms with Crippen molar-refractivity contribution in [3.8, 4) is 0 Å². The van der Waals surface area contributed by atoms with Gasteiger partial charge in [0.1, 0.15) is 19.0 Å². The Labute approximate surface area is 89.3 Å². The van der Waals surface area contributed by atoms with E-state index in [0.717, 1.165) is 0 Å². The zero-order chi connectivity index (χ0) is 11.3. The molecule has 0 aromatic carbocycles. The predicted molar refractivity (Wildman–Crippen MR) is 56.1 cm³/mol. The Hall–Kier alpha value is -1.36. The van der Waals surface area contributed by atoms with Crippen LogP contribution in [-0.2, 0) is 17.9 Å². The lowest BCUT2D eigenvalue weighted by molar-refractivity contribution is -0.131. The SMILES string of the molecule is CCN(CC)C(=O)Cn1ccnc1CO. The van der Waals surface area contributed by atoms with Crippen LogP contribution >= 0.6 is 0 Å². The molecule has 5 heteroatoms. The number of nitrogens with zero attached hydrogens (tertiary/aromatic N) is 3. The van der Waals surface area contributed by atoms with Gasteiger partial charge in [-0.2, -0.15) is 0 Å². The maximum absolute atomic E-state index is 11.7. The molecule has 84 valence electrons. The largest absolute Gasteiger partial charge is 0.388 e. The third-order valence-corrected chi connectivity index (χ3v) is 2.36. The summed E-state index contributed by atoms with van der Waals surface area (Å²) in [5.41, 5.74) is 0. The number of aliphatic hydroxyl groups excluding tert-OH is 1. The third kappa shape index (κ3) is 2.79. The summed E-state index contributed by atoms with van der Waals surface area (Å²) in [7, 11) is 0. The fourth-order valence-corrected chi connectivity index (χ4v) is 1.46. The van der Waals surface area contributed by atoms with Crippen molar-refractivity contribution < 1.29 is 9.90 Å². The Morgan fingerprint density at radius 1 is 1.53 bits per heavy atom. The number of aliphatic hydroxyl groups is 1. The molecule has 1 heterocycles. The minimum Gasteiger partial charge on any atom is -0.388 e. The maximum atomic E-state index is 11.7. The van der Waals surface area contributed by atoms with Crippen LogP contribution < -0.4 is 0 Å². The summed E-state index contributed by atoms with van der Waals surface area (Å²) >= 11 is 0. The Morgan fingerprint density at radius 3 is 2.73 bits per heavy atom. The van der Waals surface area contributed by atoms with Crippen LogP contribution in [0.25, 0.3) is 0 Å². The van der Waals surface area contributed by atoms with Crippen LogP contribution in [-0.4, -0.2) is 38.6 Å². The summed E-state index contributed by atoms with van der Waals surface area (Å²) < 4.78 is 1.67. The first-order chi connectivity index (χ1) is 7.22. The monoisotopic (exact) mass is 211 g/mol. The van der Waals surface area contributed by atoms with Gasteiger partial charge in [-0.3, -0.25) is 4.79 Å². The Morgan fingerprint density at radius 2 is 2.20 bits per heavy atom. The molecule has 1 aromatic rings. The lowest BCUT2D eigenvalue weighted by Gasteiger charge is -2.19. The summed E-state index contributed by atoms with van der Waals surface area (Å²) in [4.78, 5) is 17.4. The molecular weight excluding hydrogens is 194 g/mol. The van der Waals surface area contributed by atoms with Crippen molar-refractivity contribution in [1.82, 2.24) is 14.5 Å². The highest BCUT2D eigenvalue weighted by molar-refractivity contribution is 5.75. The Balaban J connectivity index is 2.65. The van der Waals surface area contributed by atoms with Gasteiger partial charge in [0, 0.05) is 25.5 Å². The fraction of sp³-hybridized carbons (Fsp3) is 0.600. The van der Waals surface area contributed by atoms with E-state index in [4.69, 9.17) is 5.11 Å². The molecule has 0 saturated heterocycles. The molecule has 0 radical (unpaired) electrons. The summed E-state index contributed by atoms with van der Waals surface area (Å²) in [6, 6.07) is 0. The molecule has 0 bridgehead atoms. The molecule has 0 atom stereocenters. The van der Waals surface area contributed by atoms with Gasteiger partial charge < -0.3 is 14.6 Å². The quantitative estimate of drug-likeness (QED) is 0.759. The first-order valence-corrected chi connectivity index (χ1v) is 5.11. The van der Waals surface area contributed by atoms with E-state index in [2.05, 4.69) is 4.98 Å². The lowest BCUT2D eigenvalue weighted by Crippen LogP contribution is -2.33. The zero-order valence-corrected chi connectivity index (χ0v) is 9.18. The summed E-state index contributed by atoms with van der Waals surface area (Å²) in [6.45, 7) is 5.41. The van der Waals surface area contributed by atoms with E-state index in [1.54, 1.807) is 21.9 Å². The molecule has 1 rings (SSSR count). The number of carbonyl (C=O) groups is 1. The number of aromatic nitrogens is 2. The van der Waals surface area contributed by atoms with E-state index in [1.807, 2.05) is 13.8 Å². The smallest absolute Gasteiger partial charge is 0.242 e. The second-order valence-corrected chi connectivity index (χ2v) is 3.20. The topological polar surface area (TPSA) is 58.4 Å². The van der Waals surface area contributed by atoms with E-state index in [1.165, 1.54) is 0 Å². The molecule has 1 N–H and O–H groups in total. The van der Waals surface area contributed by atoms with Gasteiger partial charge in [0.05, 0.1) is 0 Å². The van der Waals surface area contributed by atoms with Crippen LogP contribution in [0, 0.1) is 0 Å².